The van der Waals surface area contributed by atoms with Crippen molar-refractivity contribution in [1.82, 2.24) is 20.1 Å². The van der Waals surface area contributed by atoms with E-state index in [1.807, 2.05) is 0 Å². The van der Waals surface area contributed by atoms with E-state index in [0.717, 1.165) is 0 Å². The van der Waals surface area contributed by atoms with Crippen molar-refractivity contribution in [3.63, 3.8) is 0 Å². The minimum absolute atomic E-state index is 0.111. The summed E-state index contributed by atoms with van der Waals surface area (Å²) in [5, 5.41) is 18.6. The summed E-state index contributed by atoms with van der Waals surface area (Å²) in [4.78, 5) is 28.0. The molecule has 0 aromatic carbocycles. The van der Waals surface area contributed by atoms with Crippen LogP contribution in [0.25, 0.3) is 0 Å². The Morgan fingerprint density at radius 3 is 2.94 bits per heavy atom. The lowest BCUT2D eigenvalue weighted by molar-refractivity contribution is -0.143. The SMILES string of the molecule is O=C(O)C1CCCN(C(=O)Nc2nccnn2)C1. The molecule has 1 fully saturated rings. The van der Waals surface area contributed by atoms with Crippen molar-refractivity contribution in [3.8, 4) is 0 Å². The summed E-state index contributed by atoms with van der Waals surface area (Å²) in [5.41, 5.74) is 0. The highest BCUT2D eigenvalue weighted by Gasteiger charge is 2.28. The molecule has 1 aliphatic heterocycles. The number of aliphatic carboxylic acids is 1. The molecule has 2 amide bonds. The second kappa shape index (κ2) is 5.39. The number of nitrogens with zero attached hydrogens (tertiary/aromatic N) is 4. The third-order valence-electron chi connectivity index (χ3n) is 2.76. The molecule has 0 bridgehead atoms. The van der Waals surface area contributed by atoms with Crippen LogP contribution in [0.4, 0.5) is 10.7 Å². The van der Waals surface area contributed by atoms with E-state index in [0.29, 0.717) is 19.4 Å². The van der Waals surface area contributed by atoms with Crippen molar-refractivity contribution in [2.45, 2.75) is 12.8 Å². The Hall–Kier alpha value is -2.25. The fraction of sp³-hybridized carbons (Fsp3) is 0.500. The van der Waals surface area contributed by atoms with Gasteiger partial charge in [-0.25, -0.2) is 9.78 Å². The highest BCUT2D eigenvalue weighted by atomic mass is 16.4. The number of hydrogen-bond donors (Lipinski definition) is 2. The van der Waals surface area contributed by atoms with Gasteiger partial charge in [-0.3, -0.25) is 10.1 Å². The van der Waals surface area contributed by atoms with Gasteiger partial charge in [0.2, 0.25) is 0 Å². The molecule has 18 heavy (non-hydrogen) atoms. The zero-order valence-corrected chi connectivity index (χ0v) is 9.61. The molecule has 8 nitrogen and oxygen atoms in total. The molecular formula is C10H13N5O3. The monoisotopic (exact) mass is 251 g/mol. The predicted molar refractivity (Wildman–Crippen MR) is 60.8 cm³/mol. The largest absolute Gasteiger partial charge is 0.481 e. The minimum Gasteiger partial charge on any atom is -0.481 e. The van der Waals surface area contributed by atoms with Crippen LogP contribution in [-0.4, -0.2) is 50.3 Å². The molecule has 8 heteroatoms. The predicted octanol–water partition coefficient (Wildman–Crippen LogP) is 0.200. The molecule has 96 valence electrons. The van der Waals surface area contributed by atoms with Crippen LogP contribution < -0.4 is 5.32 Å². The fourth-order valence-corrected chi connectivity index (χ4v) is 1.84. The molecule has 1 aromatic heterocycles. The Kier molecular flexibility index (Phi) is 3.66. The van der Waals surface area contributed by atoms with Gasteiger partial charge in [-0.05, 0) is 12.8 Å². The zero-order valence-electron chi connectivity index (χ0n) is 9.61. The van der Waals surface area contributed by atoms with E-state index < -0.39 is 17.9 Å². The molecule has 1 unspecified atom stereocenters. The Bertz CT molecular complexity index is 438. The summed E-state index contributed by atoms with van der Waals surface area (Å²) in [6, 6.07) is -0.394. The highest BCUT2D eigenvalue weighted by molar-refractivity contribution is 5.87. The minimum atomic E-state index is -0.870. The van der Waals surface area contributed by atoms with Crippen LogP contribution in [0.5, 0.6) is 0 Å². The lowest BCUT2D eigenvalue weighted by atomic mass is 9.99. The van der Waals surface area contributed by atoms with Crippen molar-refractivity contribution in [1.29, 1.82) is 0 Å². The first kappa shape index (κ1) is 12.2. The summed E-state index contributed by atoms with van der Waals surface area (Å²) in [6.45, 7) is 0.747. The van der Waals surface area contributed by atoms with E-state index in [2.05, 4.69) is 20.5 Å². The van der Waals surface area contributed by atoms with Gasteiger partial charge in [0.05, 0.1) is 18.3 Å². The normalized spacial score (nSPS) is 19.3. The number of urea groups is 1. The number of hydrogen-bond acceptors (Lipinski definition) is 5. The number of carboxylic acids is 1. The average molecular weight is 251 g/mol. The number of piperidine rings is 1. The van der Waals surface area contributed by atoms with Gasteiger partial charge in [-0.15, -0.1) is 5.10 Å². The molecule has 1 aliphatic rings. The van der Waals surface area contributed by atoms with E-state index in [4.69, 9.17) is 5.11 Å². The maximum atomic E-state index is 11.8. The third kappa shape index (κ3) is 2.90. The van der Waals surface area contributed by atoms with E-state index in [1.54, 1.807) is 0 Å². The van der Waals surface area contributed by atoms with Crippen molar-refractivity contribution < 1.29 is 14.7 Å². The Morgan fingerprint density at radius 1 is 1.44 bits per heavy atom. The number of likely N-dealkylation sites (tertiary alicyclic amines) is 1. The summed E-state index contributed by atoms with van der Waals surface area (Å²) in [7, 11) is 0. The molecule has 0 spiro atoms. The average Bonchev–Trinajstić information content (AvgIpc) is 2.40. The second-order valence-electron chi connectivity index (χ2n) is 4.02. The second-order valence-corrected chi connectivity index (χ2v) is 4.02. The molecule has 2 N–H and O–H groups in total. The van der Waals surface area contributed by atoms with Crippen molar-refractivity contribution in [3.05, 3.63) is 12.4 Å². The smallest absolute Gasteiger partial charge is 0.324 e. The summed E-state index contributed by atoms with van der Waals surface area (Å²) < 4.78 is 0. The first-order chi connectivity index (χ1) is 8.66. The molecular weight excluding hydrogens is 238 g/mol. The zero-order chi connectivity index (χ0) is 13.0. The maximum absolute atomic E-state index is 11.8. The van der Waals surface area contributed by atoms with Crippen LogP contribution in [-0.2, 0) is 4.79 Å². The van der Waals surface area contributed by atoms with Gasteiger partial charge in [-0.2, -0.15) is 5.10 Å². The van der Waals surface area contributed by atoms with Crippen LogP contribution in [0.3, 0.4) is 0 Å². The topological polar surface area (TPSA) is 108 Å². The maximum Gasteiger partial charge on any atom is 0.324 e. The first-order valence-electron chi connectivity index (χ1n) is 5.59. The van der Waals surface area contributed by atoms with Gasteiger partial charge in [0.15, 0.2) is 0 Å². The van der Waals surface area contributed by atoms with Gasteiger partial charge >= 0.3 is 12.0 Å². The van der Waals surface area contributed by atoms with Crippen LogP contribution in [0.15, 0.2) is 12.4 Å². The van der Waals surface area contributed by atoms with Crippen molar-refractivity contribution in [2.24, 2.45) is 5.92 Å². The molecule has 2 heterocycles. The van der Waals surface area contributed by atoms with E-state index >= 15 is 0 Å². The van der Waals surface area contributed by atoms with Crippen molar-refractivity contribution in [2.75, 3.05) is 18.4 Å². The first-order valence-corrected chi connectivity index (χ1v) is 5.59. The van der Waals surface area contributed by atoms with E-state index in [1.165, 1.54) is 17.3 Å². The molecule has 1 aromatic rings. The van der Waals surface area contributed by atoms with Crippen LogP contribution in [0, 0.1) is 5.92 Å². The van der Waals surface area contributed by atoms with E-state index in [-0.39, 0.29) is 12.5 Å². The molecule has 2 rings (SSSR count). The molecule has 1 atom stereocenters. The summed E-state index contributed by atoms with van der Waals surface area (Å²) >= 11 is 0. The Labute approximate surface area is 103 Å². The van der Waals surface area contributed by atoms with Gasteiger partial charge in [-0.1, -0.05) is 0 Å². The lowest BCUT2D eigenvalue weighted by Crippen LogP contribution is -2.44. The number of nitrogens with one attached hydrogen (secondary N) is 1. The number of carbonyl (C=O) groups is 2. The Morgan fingerprint density at radius 2 is 2.28 bits per heavy atom. The third-order valence-corrected chi connectivity index (χ3v) is 2.76. The number of anilines is 1. The quantitative estimate of drug-likeness (QED) is 0.777. The van der Waals surface area contributed by atoms with Gasteiger partial charge in [0, 0.05) is 13.1 Å². The number of aromatic nitrogens is 3. The van der Waals surface area contributed by atoms with Crippen LogP contribution in [0.2, 0.25) is 0 Å². The lowest BCUT2D eigenvalue weighted by Gasteiger charge is -2.30. The number of rotatable bonds is 2. The standard InChI is InChI=1S/C10H13N5O3/c16-8(17)7-2-1-5-15(6-7)10(18)13-9-11-3-4-12-14-9/h3-4,7H,1-2,5-6H2,(H,16,17)(H,11,13,14,18). The summed E-state index contributed by atoms with van der Waals surface area (Å²) in [6.07, 6.45) is 4.09. The molecule has 0 aliphatic carbocycles. The number of carbonyl (C=O) groups excluding carboxylic acids is 1. The molecule has 0 saturated carbocycles. The molecule has 1 saturated heterocycles. The van der Waals surface area contributed by atoms with E-state index in [9.17, 15) is 9.59 Å². The molecule has 0 radical (unpaired) electrons. The highest BCUT2D eigenvalue weighted by Crippen LogP contribution is 2.17. The number of amides is 2. The summed E-state index contributed by atoms with van der Waals surface area (Å²) in [5.74, 6) is -1.26. The van der Waals surface area contributed by atoms with Crippen LogP contribution >= 0.6 is 0 Å². The fourth-order valence-electron chi connectivity index (χ4n) is 1.84. The van der Waals surface area contributed by atoms with Gasteiger partial charge in [0.25, 0.3) is 5.95 Å². The Balaban J connectivity index is 1.95. The van der Waals surface area contributed by atoms with Crippen molar-refractivity contribution >= 4 is 17.9 Å². The van der Waals surface area contributed by atoms with Crippen LogP contribution in [0.1, 0.15) is 12.8 Å². The van der Waals surface area contributed by atoms with Gasteiger partial charge < -0.3 is 10.0 Å². The number of carboxylic acid groups (broad SMARTS) is 1. The van der Waals surface area contributed by atoms with Gasteiger partial charge in [0.1, 0.15) is 0 Å².